The summed E-state index contributed by atoms with van der Waals surface area (Å²) in [6.45, 7) is 1.19. The van der Waals surface area contributed by atoms with E-state index in [-0.39, 0.29) is 12.0 Å². The van der Waals surface area contributed by atoms with E-state index in [4.69, 9.17) is 4.74 Å². The number of hydrogen-bond acceptors (Lipinski definition) is 2. The van der Waals surface area contributed by atoms with Crippen molar-refractivity contribution in [3.63, 3.8) is 0 Å². The molecule has 1 aliphatic heterocycles. The lowest BCUT2D eigenvalue weighted by Crippen LogP contribution is -2.42. The number of piperidine rings is 1. The highest BCUT2D eigenvalue weighted by Crippen LogP contribution is 2.32. The average Bonchev–Trinajstić information content (AvgIpc) is 2.67. The van der Waals surface area contributed by atoms with Gasteiger partial charge in [0.15, 0.2) is 0 Å². The van der Waals surface area contributed by atoms with Crippen LogP contribution in [0, 0.1) is 0 Å². The van der Waals surface area contributed by atoms with Crippen LogP contribution in [0.5, 0.6) is 0 Å². The Morgan fingerprint density at radius 3 is 2.50 bits per heavy atom. The van der Waals surface area contributed by atoms with Gasteiger partial charge in [-0.2, -0.15) is 13.2 Å². The number of hydrogen-bond donors (Lipinski definition) is 0. The minimum absolute atomic E-state index is 0.0272. The number of ether oxygens (including phenoxy) is 1. The minimum Gasteiger partial charge on any atom is -0.380 e. The molecule has 0 aromatic heterocycles. The number of methoxy groups -OCH3 is 1. The fourth-order valence-corrected chi connectivity index (χ4v) is 3.20. The molecule has 0 unspecified atom stereocenters. The predicted octanol–water partition coefficient (Wildman–Crippen LogP) is 4.62. The molecule has 26 heavy (non-hydrogen) atoms. The van der Waals surface area contributed by atoms with Crippen LogP contribution in [-0.4, -0.2) is 37.1 Å². The third-order valence-electron chi connectivity index (χ3n) is 4.63. The van der Waals surface area contributed by atoms with E-state index in [1.807, 2.05) is 0 Å². The Bertz CT molecular complexity index is 789. The molecule has 1 heterocycles. The summed E-state index contributed by atoms with van der Waals surface area (Å²) < 4.78 is 44.1. The zero-order chi connectivity index (χ0) is 18.7. The minimum atomic E-state index is -4.40. The summed E-state index contributed by atoms with van der Waals surface area (Å²) >= 11 is 0. The number of amides is 1. The fraction of sp³-hybridized carbons (Fsp3) is 0.350. The Balaban J connectivity index is 1.86. The first kappa shape index (κ1) is 18.5. The number of carbonyl (C=O) groups excluding carboxylic acids is 1. The number of benzene rings is 2. The van der Waals surface area contributed by atoms with Gasteiger partial charge in [-0.25, -0.2) is 0 Å². The van der Waals surface area contributed by atoms with Gasteiger partial charge >= 0.3 is 6.18 Å². The molecule has 1 amide bonds. The number of carbonyl (C=O) groups is 1. The van der Waals surface area contributed by atoms with Crippen LogP contribution in [0.2, 0.25) is 0 Å². The number of likely N-dealkylation sites (tertiary alicyclic amines) is 1. The fourth-order valence-electron chi connectivity index (χ4n) is 3.20. The van der Waals surface area contributed by atoms with Crippen LogP contribution in [0.1, 0.15) is 28.8 Å². The van der Waals surface area contributed by atoms with Crippen LogP contribution in [0.25, 0.3) is 11.1 Å². The summed E-state index contributed by atoms with van der Waals surface area (Å²) in [6, 6.07) is 11.9. The van der Waals surface area contributed by atoms with E-state index in [1.165, 1.54) is 6.07 Å². The standard InChI is InChI=1S/C20H20F3NO2/c1-26-18-9-4-10-24(13-18)19(25)16-7-2-5-14(11-16)15-6-3-8-17(12-15)20(21,22)23/h2-3,5-8,11-12,18H,4,9-10,13H2,1H3/t18-/m0/s1. The summed E-state index contributed by atoms with van der Waals surface area (Å²) in [5.41, 5.74) is 0.785. The molecule has 0 bridgehead atoms. The maximum atomic E-state index is 12.9. The lowest BCUT2D eigenvalue weighted by molar-refractivity contribution is -0.137. The van der Waals surface area contributed by atoms with E-state index in [9.17, 15) is 18.0 Å². The molecule has 0 N–H and O–H groups in total. The van der Waals surface area contributed by atoms with E-state index >= 15 is 0 Å². The molecule has 138 valence electrons. The highest BCUT2D eigenvalue weighted by Gasteiger charge is 2.30. The Kier molecular flexibility index (Phi) is 5.32. The van der Waals surface area contributed by atoms with Gasteiger partial charge in [0.05, 0.1) is 11.7 Å². The number of nitrogens with zero attached hydrogens (tertiary/aromatic N) is 1. The molecule has 1 fully saturated rings. The van der Waals surface area contributed by atoms with Gasteiger partial charge in [-0.3, -0.25) is 4.79 Å². The van der Waals surface area contributed by atoms with E-state index in [2.05, 4.69) is 0 Å². The molecule has 2 aromatic carbocycles. The van der Waals surface area contributed by atoms with Crippen molar-refractivity contribution in [2.75, 3.05) is 20.2 Å². The second kappa shape index (κ2) is 7.50. The lowest BCUT2D eigenvalue weighted by atomic mass is 10.00. The van der Waals surface area contributed by atoms with E-state index < -0.39 is 11.7 Å². The molecule has 0 spiro atoms. The van der Waals surface area contributed by atoms with Gasteiger partial charge < -0.3 is 9.64 Å². The van der Waals surface area contributed by atoms with Crippen molar-refractivity contribution >= 4 is 5.91 Å². The van der Waals surface area contributed by atoms with Gasteiger partial charge in [0, 0.05) is 25.8 Å². The molecule has 0 saturated carbocycles. The smallest absolute Gasteiger partial charge is 0.380 e. The first-order valence-electron chi connectivity index (χ1n) is 8.48. The maximum absolute atomic E-state index is 12.9. The van der Waals surface area contributed by atoms with E-state index in [1.54, 1.807) is 42.3 Å². The highest BCUT2D eigenvalue weighted by atomic mass is 19.4. The Morgan fingerprint density at radius 2 is 1.81 bits per heavy atom. The van der Waals surface area contributed by atoms with Crippen LogP contribution < -0.4 is 0 Å². The molecule has 1 saturated heterocycles. The van der Waals surface area contributed by atoms with Crippen molar-refractivity contribution in [2.24, 2.45) is 0 Å². The normalized spacial score (nSPS) is 18.0. The van der Waals surface area contributed by atoms with E-state index in [0.717, 1.165) is 25.0 Å². The number of halogens is 3. The first-order chi connectivity index (χ1) is 12.4. The molecule has 1 atom stereocenters. The molecule has 3 nitrogen and oxygen atoms in total. The first-order valence-corrected chi connectivity index (χ1v) is 8.48. The Hall–Kier alpha value is -2.34. The lowest BCUT2D eigenvalue weighted by Gasteiger charge is -2.32. The molecule has 2 aromatic rings. The van der Waals surface area contributed by atoms with E-state index in [0.29, 0.717) is 29.8 Å². The monoisotopic (exact) mass is 363 g/mol. The van der Waals surface area contributed by atoms with Crippen LogP contribution in [0.4, 0.5) is 13.2 Å². The van der Waals surface area contributed by atoms with Crippen molar-refractivity contribution in [1.29, 1.82) is 0 Å². The number of rotatable bonds is 3. The second-order valence-corrected chi connectivity index (χ2v) is 6.41. The van der Waals surface area contributed by atoms with Crippen LogP contribution in [0.15, 0.2) is 48.5 Å². The van der Waals surface area contributed by atoms with Gasteiger partial charge in [-0.05, 0) is 48.2 Å². The van der Waals surface area contributed by atoms with Crippen molar-refractivity contribution < 1.29 is 22.7 Å². The largest absolute Gasteiger partial charge is 0.416 e. The second-order valence-electron chi connectivity index (χ2n) is 6.41. The van der Waals surface area contributed by atoms with Gasteiger partial charge in [0.25, 0.3) is 5.91 Å². The summed E-state index contributed by atoms with van der Waals surface area (Å²) in [7, 11) is 1.63. The number of alkyl halides is 3. The molecule has 1 aliphatic rings. The third-order valence-corrected chi connectivity index (χ3v) is 4.63. The Labute approximate surface area is 150 Å². The van der Waals surface area contributed by atoms with Gasteiger partial charge in [-0.15, -0.1) is 0 Å². The van der Waals surface area contributed by atoms with Crippen LogP contribution >= 0.6 is 0 Å². The van der Waals surface area contributed by atoms with Crippen molar-refractivity contribution in [2.45, 2.75) is 25.1 Å². The van der Waals surface area contributed by atoms with Crippen molar-refractivity contribution in [1.82, 2.24) is 4.90 Å². The maximum Gasteiger partial charge on any atom is 0.416 e. The van der Waals surface area contributed by atoms with Crippen LogP contribution in [-0.2, 0) is 10.9 Å². The highest BCUT2D eigenvalue weighted by molar-refractivity contribution is 5.95. The summed E-state index contributed by atoms with van der Waals surface area (Å²) in [5.74, 6) is -0.124. The third kappa shape index (κ3) is 4.07. The quantitative estimate of drug-likeness (QED) is 0.796. The molecule has 0 aliphatic carbocycles. The van der Waals surface area contributed by atoms with Gasteiger partial charge in [-0.1, -0.05) is 24.3 Å². The molecule has 6 heteroatoms. The zero-order valence-corrected chi connectivity index (χ0v) is 14.4. The molecule has 0 radical (unpaired) electrons. The summed E-state index contributed by atoms with van der Waals surface area (Å²) in [4.78, 5) is 14.5. The van der Waals surface area contributed by atoms with Crippen molar-refractivity contribution in [3.05, 3.63) is 59.7 Å². The van der Waals surface area contributed by atoms with Gasteiger partial charge in [0.2, 0.25) is 0 Å². The summed E-state index contributed by atoms with van der Waals surface area (Å²) in [6.07, 6.45) is -2.58. The molecular formula is C20H20F3NO2. The molecular weight excluding hydrogens is 343 g/mol. The zero-order valence-electron chi connectivity index (χ0n) is 14.4. The summed E-state index contributed by atoms with van der Waals surface area (Å²) in [5, 5.41) is 0. The predicted molar refractivity (Wildman–Crippen MR) is 92.8 cm³/mol. The average molecular weight is 363 g/mol. The van der Waals surface area contributed by atoms with Gasteiger partial charge in [0.1, 0.15) is 0 Å². The SMILES string of the molecule is CO[C@H]1CCCN(C(=O)c2cccc(-c3cccc(C(F)(F)F)c3)c2)C1. The van der Waals surface area contributed by atoms with Crippen molar-refractivity contribution in [3.8, 4) is 11.1 Å². The van der Waals surface area contributed by atoms with Crippen LogP contribution in [0.3, 0.4) is 0 Å². The topological polar surface area (TPSA) is 29.5 Å². The molecule has 3 rings (SSSR count). The Morgan fingerprint density at radius 1 is 1.12 bits per heavy atom.